The van der Waals surface area contributed by atoms with E-state index in [0.29, 0.717) is 5.92 Å². The summed E-state index contributed by atoms with van der Waals surface area (Å²) in [6.07, 6.45) is 6.28. The van der Waals surface area contributed by atoms with Crippen molar-refractivity contribution in [1.29, 1.82) is 0 Å². The molecule has 1 N–H and O–H groups in total. The molecule has 0 fully saturated rings. The van der Waals surface area contributed by atoms with Crippen LogP contribution in [0.2, 0.25) is 0 Å². The topological polar surface area (TPSA) is 50.2 Å². The highest BCUT2D eigenvalue weighted by molar-refractivity contribution is 5.75. The Kier molecular flexibility index (Phi) is 4.04. The summed E-state index contributed by atoms with van der Waals surface area (Å²) < 4.78 is 0. The molecule has 0 saturated carbocycles. The molecular weight excluding hydrogens is 176 g/mol. The van der Waals surface area contributed by atoms with Gasteiger partial charge in [-0.25, -0.2) is 0 Å². The van der Waals surface area contributed by atoms with Gasteiger partial charge in [0.1, 0.15) is 5.69 Å². The molecule has 1 unspecified atom stereocenters. The lowest BCUT2D eigenvalue weighted by Gasteiger charge is -2.06. The Morgan fingerprint density at radius 1 is 1.50 bits per heavy atom. The Morgan fingerprint density at radius 3 is 2.79 bits per heavy atom. The third kappa shape index (κ3) is 2.80. The highest BCUT2D eigenvalue weighted by Gasteiger charge is 2.03. The van der Waals surface area contributed by atoms with Crippen molar-refractivity contribution in [1.82, 2.24) is 15.4 Å². The maximum Gasteiger partial charge on any atom is 0.101 e. The van der Waals surface area contributed by atoms with Crippen LogP contribution in [-0.2, 0) is 0 Å². The van der Waals surface area contributed by atoms with Gasteiger partial charge in [0, 0.05) is 13.2 Å². The van der Waals surface area contributed by atoms with Crippen LogP contribution in [0, 0.1) is 0 Å². The summed E-state index contributed by atoms with van der Waals surface area (Å²) in [6.45, 7) is 4.29. The SMILES string of the molecule is CCC(C)c1cnc(C=NNC)cn1. The predicted molar refractivity (Wildman–Crippen MR) is 57.4 cm³/mol. The lowest BCUT2D eigenvalue weighted by atomic mass is 10.1. The quantitative estimate of drug-likeness (QED) is 0.581. The molecule has 0 radical (unpaired) electrons. The minimum absolute atomic E-state index is 0.470. The first-order valence-electron chi connectivity index (χ1n) is 4.79. The van der Waals surface area contributed by atoms with Crippen molar-refractivity contribution >= 4 is 6.21 Å². The van der Waals surface area contributed by atoms with Crippen molar-refractivity contribution in [3.8, 4) is 0 Å². The minimum atomic E-state index is 0.470. The second-order valence-electron chi connectivity index (χ2n) is 3.16. The molecule has 0 aromatic carbocycles. The molecule has 0 bridgehead atoms. The normalized spacial score (nSPS) is 13.1. The Labute approximate surface area is 84.5 Å². The second kappa shape index (κ2) is 5.32. The second-order valence-corrected chi connectivity index (χ2v) is 3.16. The fourth-order valence-electron chi connectivity index (χ4n) is 1.01. The molecule has 1 aromatic heterocycles. The average Bonchev–Trinajstić information content (AvgIpc) is 2.26. The fraction of sp³-hybridized carbons (Fsp3) is 0.500. The predicted octanol–water partition coefficient (Wildman–Crippen LogP) is 1.54. The van der Waals surface area contributed by atoms with E-state index in [1.54, 1.807) is 19.5 Å². The van der Waals surface area contributed by atoms with E-state index in [1.807, 2.05) is 6.20 Å². The Morgan fingerprint density at radius 2 is 2.29 bits per heavy atom. The van der Waals surface area contributed by atoms with Gasteiger partial charge in [-0.3, -0.25) is 9.97 Å². The number of hydrazone groups is 1. The first-order chi connectivity index (χ1) is 6.77. The monoisotopic (exact) mass is 192 g/mol. The zero-order valence-corrected chi connectivity index (χ0v) is 8.86. The van der Waals surface area contributed by atoms with Crippen LogP contribution < -0.4 is 5.43 Å². The molecule has 1 heterocycles. The summed E-state index contributed by atoms with van der Waals surface area (Å²) in [7, 11) is 1.75. The number of hydrogen-bond donors (Lipinski definition) is 1. The van der Waals surface area contributed by atoms with E-state index in [1.165, 1.54) is 0 Å². The van der Waals surface area contributed by atoms with E-state index in [0.717, 1.165) is 17.8 Å². The molecule has 0 aliphatic rings. The van der Waals surface area contributed by atoms with Crippen molar-refractivity contribution in [3.05, 3.63) is 23.8 Å². The van der Waals surface area contributed by atoms with Gasteiger partial charge in [0.15, 0.2) is 0 Å². The third-order valence-electron chi connectivity index (χ3n) is 2.13. The van der Waals surface area contributed by atoms with Crippen LogP contribution in [0.3, 0.4) is 0 Å². The molecule has 4 nitrogen and oxygen atoms in total. The van der Waals surface area contributed by atoms with Gasteiger partial charge >= 0.3 is 0 Å². The molecule has 1 aromatic rings. The van der Waals surface area contributed by atoms with Crippen molar-refractivity contribution in [2.75, 3.05) is 7.05 Å². The maximum absolute atomic E-state index is 4.32. The first kappa shape index (κ1) is 10.6. The number of nitrogens with one attached hydrogen (secondary N) is 1. The number of rotatable bonds is 4. The highest BCUT2D eigenvalue weighted by Crippen LogP contribution is 2.14. The Bertz CT molecular complexity index is 291. The van der Waals surface area contributed by atoms with Crippen molar-refractivity contribution in [2.45, 2.75) is 26.2 Å². The first-order valence-corrected chi connectivity index (χ1v) is 4.79. The lowest BCUT2D eigenvalue weighted by Crippen LogP contribution is -2.00. The molecule has 0 aliphatic carbocycles. The summed E-state index contributed by atoms with van der Waals surface area (Å²) in [6, 6.07) is 0. The van der Waals surface area contributed by atoms with Crippen LogP contribution in [0.15, 0.2) is 17.5 Å². The van der Waals surface area contributed by atoms with Crippen molar-refractivity contribution < 1.29 is 0 Å². The molecule has 0 amide bonds. The zero-order chi connectivity index (χ0) is 10.4. The fourth-order valence-corrected chi connectivity index (χ4v) is 1.01. The van der Waals surface area contributed by atoms with Gasteiger partial charge in [-0.15, -0.1) is 0 Å². The minimum Gasteiger partial charge on any atom is -0.313 e. The van der Waals surface area contributed by atoms with Gasteiger partial charge in [-0.05, 0) is 12.3 Å². The summed E-state index contributed by atoms with van der Waals surface area (Å²) in [5.41, 5.74) is 4.47. The van der Waals surface area contributed by atoms with E-state index in [2.05, 4.69) is 34.3 Å². The zero-order valence-electron chi connectivity index (χ0n) is 8.86. The number of nitrogens with zero attached hydrogens (tertiary/aromatic N) is 3. The van der Waals surface area contributed by atoms with E-state index in [9.17, 15) is 0 Å². The molecule has 1 rings (SSSR count). The molecule has 0 aliphatic heterocycles. The van der Waals surface area contributed by atoms with Crippen LogP contribution in [0.25, 0.3) is 0 Å². The summed E-state index contributed by atoms with van der Waals surface area (Å²) >= 11 is 0. The summed E-state index contributed by atoms with van der Waals surface area (Å²) in [4.78, 5) is 8.55. The van der Waals surface area contributed by atoms with Crippen molar-refractivity contribution in [2.24, 2.45) is 5.10 Å². The van der Waals surface area contributed by atoms with Gasteiger partial charge in [-0.2, -0.15) is 5.10 Å². The van der Waals surface area contributed by atoms with E-state index in [-0.39, 0.29) is 0 Å². The smallest absolute Gasteiger partial charge is 0.101 e. The largest absolute Gasteiger partial charge is 0.313 e. The number of aromatic nitrogens is 2. The Hall–Kier alpha value is -1.45. The summed E-state index contributed by atoms with van der Waals surface area (Å²) in [5, 5.41) is 3.86. The van der Waals surface area contributed by atoms with E-state index in [4.69, 9.17) is 0 Å². The molecule has 1 atom stereocenters. The summed E-state index contributed by atoms with van der Waals surface area (Å²) in [5.74, 6) is 0.470. The molecule has 14 heavy (non-hydrogen) atoms. The van der Waals surface area contributed by atoms with E-state index < -0.39 is 0 Å². The van der Waals surface area contributed by atoms with Crippen LogP contribution in [0.1, 0.15) is 37.6 Å². The molecule has 4 heteroatoms. The van der Waals surface area contributed by atoms with Crippen LogP contribution in [-0.4, -0.2) is 23.2 Å². The van der Waals surface area contributed by atoms with Gasteiger partial charge in [0.25, 0.3) is 0 Å². The van der Waals surface area contributed by atoms with Crippen molar-refractivity contribution in [3.63, 3.8) is 0 Å². The van der Waals surface area contributed by atoms with E-state index >= 15 is 0 Å². The van der Waals surface area contributed by atoms with Gasteiger partial charge in [0.05, 0.1) is 18.1 Å². The average molecular weight is 192 g/mol. The molecular formula is C10H16N4. The van der Waals surface area contributed by atoms with Gasteiger partial charge < -0.3 is 5.43 Å². The standard InChI is InChI=1S/C10H16N4/c1-4-8(2)10-7-12-9(5-13-10)6-14-11-3/h5-8,11H,4H2,1-3H3. The van der Waals surface area contributed by atoms with Crippen LogP contribution in [0.4, 0.5) is 0 Å². The lowest BCUT2D eigenvalue weighted by molar-refractivity contribution is 0.702. The number of hydrogen-bond acceptors (Lipinski definition) is 4. The van der Waals surface area contributed by atoms with Crippen LogP contribution in [0.5, 0.6) is 0 Å². The van der Waals surface area contributed by atoms with Gasteiger partial charge in [0.2, 0.25) is 0 Å². The van der Waals surface area contributed by atoms with Gasteiger partial charge in [-0.1, -0.05) is 13.8 Å². The third-order valence-corrected chi connectivity index (χ3v) is 2.13. The Balaban J connectivity index is 2.73. The molecule has 76 valence electrons. The molecule has 0 spiro atoms. The highest BCUT2D eigenvalue weighted by atomic mass is 15.3. The molecule has 0 saturated heterocycles. The van der Waals surface area contributed by atoms with Crippen LogP contribution >= 0.6 is 0 Å². The maximum atomic E-state index is 4.32.